The zero-order valence-electron chi connectivity index (χ0n) is 9.76. The van der Waals surface area contributed by atoms with Crippen LogP contribution in [0.2, 0.25) is 0 Å². The molecule has 1 aromatic carbocycles. The monoisotopic (exact) mass is 238 g/mol. The molecule has 0 unspecified atom stereocenters. The van der Waals surface area contributed by atoms with Gasteiger partial charge in [-0.1, -0.05) is 12.1 Å². The molecular weight excluding hydrogens is 224 g/mol. The number of methoxy groups -OCH3 is 1. The second-order valence-electron chi connectivity index (χ2n) is 3.14. The zero-order valence-corrected chi connectivity index (χ0v) is 9.76. The molecule has 0 N–H and O–H groups in total. The number of carbonyl (C=O) groups is 2. The van der Waals surface area contributed by atoms with Gasteiger partial charge in [-0.3, -0.25) is 0 Å². The summed E-state index contributed by atoms with van der Waals surface area (Å²) in [6, 6.07) is 6.98. The van der Waals surface area contributed by atoms with Crippen LogP contribution in [0.15, 0.2) is 24.3 Å². The Labute approximate surface area is 99.3 Å². The maximum Gasteiger partial charge on any atom is 0.417 e. The lowest BCUT2D eigenvalue weighted by atomic mass is 10.2. The Morgan fingerprint density at radius 1 is 1.06 bits per heavy atom. The first-order valence-electron chi connectivity index (χ1n) is 5.14. The van der Waals surface area contributed by atoms with Crippen molar-refractivity contribution in [1.82, 2.24) is 0 Å². The smallest absolute Gasteiger partial charge is 0.417 e. The lowest BCUT2D eigenvalue weighted by Gasteiger charge is -2.05. The molecule has 0 fully saturated rings. The van der Waals surface area contributed by atoms with Crippen LogP contribution >= 0.6 is 0 Å². The lowest BCUT2D eigenvalue weighted by Crippen LogP contribution is -2.20. The van der Waals surface area contributed by atoms with E-state index in [4.69, 9.17) is 9.47 Å². The van der Waals surface area contributed by atoms with Crippen LogP contribution in [-0.4, -0.2) is 25.7 Å². The fourth-order valence-electron chi connectivity index (χ4n) is 1.12. The van der Waals surface area contributed by atoms with Crippen LogP contribution in [0.25, 0.3) is 0 Å². The maximum absolute atomic E-state index is 11.1. The van der Waals surface area contributed by atoms with E-state index in [1.165, 1.54) is 0 Å². The van der Waals surface area contributed by atoms with E-state index in [1.807, 2.05) is 0 Å². The van der Waals surface area contributed by atoms with Gasteiger partial charge in [-0.25, -0.2) is 9.59 Å². The van der Waals surface area contributed by atoms with E-state index in [-0.39, 0.29) is 13.2 Å². The Kier molecular flexibility index (Phi) is 5.00. The van der Waals surface area contributed by atoms with Crippen LogP contribution in [0, 0.1) is 0 Å². The van der Waals surface area contributed by atoms with Crippen molar-refractivity contribution >= 4 is 11.9 Å². The van der Waals surface area contributed by atoms with E-state index >= 15 is 0 Å². The second kappa shape index (κ2) is 6.52. The van der Waals surface area contributed by atoms with Crippen LogP contribution in [0.3, 0.4) is 0 Å². The highest BCUT2D eigenvalue weighted by molar-refractivity contribution is 6.29. The minimum atomic E-state index is -0.984. The van der Waals surface area contributed by atoms with Crippen molar-refractivity contribution in [2.24, 2.45) is 0 Å². The standard InChI is InChI=1S/C12H14O5/c1-3-16-11(13)12(14)17-8-9-4-6-10(15-2)7-5-9/h4-7H,3,8H2,1-2H3. The average molecular weight is 238 g/mol. The number of rotatable bonds is 4. The van der Waals surface area contributed by atoms with E-state index in [1.54, 1.807) is 38.3 Å². The molecule has 0 spiro atoms. The van der Waals surface area contributed by atoms with Crippen LogP contribution in [-0.2, 0) is 25.7 Å². The topological polar surface area (TPSA) is 61.8 Å². The molecule has 1 rings (SSSR count). The maximum atomic E-state index is 11.1. The Morgan fingerprint density at radius 3 is 2.18 bits per heavy atom. The summed E-state index contributed by atoms with van der Waals surface area (Å²) in [7, 11) is 1.57. The lowest BCUT2D eigenvalue weighted by molar-refractivity contribution is -0.168. The third kappa shape index (κ3) is 4.14. The van der Waals surface area contributed by atoms with Crippen LogP contribution < -0.4 is 4.74 Å². The number of carbonyl (C=O) groups excluding carboxylic acids is 2. The van der Waals surface area contributed by atoms with Crippen LogP contribution in [0.4, 0.5) is 0 Å². The number of benzene rings is 1. The quantitative estimate of drug-likeness (QED) is 0.584. The molecule has 92 valence electrons. The minimum Gasteiger partial charge on any atom is -0.497 e. The molecule has 0 atom stereocenters. The summed E-state index contributed by atoms with van der Waals surface area (Å²) >= 11 is 0. The van der Waals surface area contributed by atoms with E-state index in [2.05, 4.69) is 4.74 Å². The first-order chi connectivity index (χ1) is 8.17. The van der Waals surface area contributed by atoms with Crippen molar-refractivity contribution < 1.29 is 23.8 Å². The van der Waals surface area contributed by atoms with Gasteiger partial charge in [0.2, 0.25) is 0 Å². The number of esters is 2. The third-order valence-electron chi connectivity index (χ3n) is 1.97. The zero-order chi connectivity index (χ0) is 12.7. The fraction of sp³-hybridized carbons (Fsp3) is 0.333. The Hall–Kier alpha value is -2.04. The summed E-state index contributed by atoms with van der Waals surface area (Å²) in [5.74, 6) is -1.24. The summed E-state index contributed by atoms with van der Waals surface area (Å²) in [6.45, 7) is 1.80. The number of hydrogen-bond donors (Lipinski definition) is 0. The molecule has 0 heterocycles. The molecule has 17 heavy (non-hydrogen) atoms. The van der Waals surface area contributed by atoms with Gasteiger partial charge in [-0.15, -0.1) is 0 Å². The molecule has 0 radical (unpaired) electrons. The number of hydrogen-bond acceptors (Lipinski definition) is 5. The van der Waals surface area contributed by atoms with E-state index in [0.717, 1.165) is 5.56 Å². The van der Waals surface area contributed by atoms with Crippen molar-refractivity contribution in [2.45, 2.75) is 13.5 Å². The largest absolute Gasteiger partial charge is 0.497 e. The fourth-order valence-corrected chi connectivity index (χ4v) is 1.12. The summed E-state index contributed by atoms with van der Waals surface area (Å²) in [5.41, 5.74) is 0.767. The van der Waals surface area contributed by atoms with Crippen molar-refractivity contribution in [2.75, 3.05) is 13.7 Å². The van der Waals surface area contributed by atoms with Crippen molar-refractivity contribution in [1.29, 1.82) is 0 Å². The highest BCUT2D eigenvalue weighted by atomic mass is 16.6. The normalized spacial score (nSPS) is 9.53. The summed E-state index contributed by atoms with van der Waals surface area (Å²) < 4.78 is 14.2. The van der Waals surface area contributed by atoms with Crippen LogP contribution in [0.1, 0.15) is 12.5 Å². The van der Waals surface area contributed by atoms with Gasteiger partial charge in [0.05, 0.1) is 13.7 Å². The molecule has 0 aromatic heterocycles. The molecule has 0 saturated carbocycles. The van der Waals surface area contributed by atoms with Gasteiger partial charge >= 0.3 is 11.9 Å². The summed E-state index contributed by atoms with van der Waals surface area (Å²) in [4.78, 5) is 22.1. The molecule has 1 aromatic rings. The van der Waals surface area contributed by atoms with Gasteiger partial charge in [0.25, 0.3) is 0 Å². The highest BCUT2D eigenvalue weighted by Crippen LogP contribution is 2.11. The highest BCUT2D eigenvalue weighted by Gasteiger charge is 2.16. The van der Waals surface area contributed by atoms with Gasteiger partial charge in [-0.2, -0.15) is 0 Å². The van der Waals surface area contributed by atoms with E-state index in [0.29, 0.717) is 5.75 Å². The molecule has 0 aliphatic heterocycles. The predicted octanol–water partition coefficient (Wildman–Crippen LogP) is 1.30. The molecule has 0 bridgehead atoms. The Balaban J connectivity index is 2.44. The molecular formula is C12H14O5. The van der Waals surface area contributed by atoms with Gasteiger partial charge in [0.15, 0.2) is 0 Å². The minimum absolute atomic E-state index is 0.0294. The molecule has 0 saturated heterocycles. The van der Waals surface area contributed by atoms with Gasteiger partial charge in [0, 0.05) is 0 Å². The van der Waals surface area contributed by atoms with Gasteiger partial charge in [-0.05, 0) is 24.6 Å². The van der Waals surface area contributed by atoms with Crippen molar-refractivity contribution in [3.8, 4) is 5.75 Å². The average Bonchev–Trinajstić information content (AvgIpc) is 2.36. The predicted molar refractivity (Wildman–Crippen MR) is 59.4 cm³/mol. The van der Waals surface area contributed by atoms with E-state index in [9.17, 15) is 9.59 Å². The van der Waals surface area contributed by atoms with Gasteiger partial charge in [0.1, 0.15) is 12.4 Å². The summed E-state index contributed by atoms with van der Waals surface area (Å²) in [6.07, 6.45) is 0. The molecule has 5 heteroatoms. The van der Waals surface area contributed by atoms with Crippen LogP contribution in [0.5, 0.6) is 5.75 Å². The van der Waals surface area contributed by atoms with Crippen molar-refractivity contribution in [3.05, 3.63) is 29.8 Å². The third-order valence-corrected chi connectivity index (χ3v) is 1.97. The molecule has 0 aliphatic rings. The number of ether oxygens (including phenoxy) is 3. The van der Waals surface area contributed by atoms with Crippen molar-refractivity contribution in [3.63, 3.8) is 0 Å². The SMILES string of the molecule is CCOC(=O)C(=O)OCc1ccc(OC)cc1. The Bertz CT molecular complexity index is 382. The first-order valence-corrected chi connectivity index (χ1v) is 5.14. The Morgan fingerprint density at radius 2 is 1.65 bits per heavy atom. The molecule has 5 nitrogen and oxygen atoms in total. The first kappa shape index (κ1) is 13.0. The van der Waals surface area contributed by atoms with Gasteiger partial charge < -0.3 is 14.2 Å². The molecule has 0 aliphatic carbocycles. The summed E-state index contributed by atoms with van der Waals surface area (Å²) in [5, 5.41) is 0. The molecule has 0 amide bonds. The second-order valence-corrected chi connectivity index (χ2v) is 3.14. The van der Waals surface area contributed by atoms with E-state index < -0.39 is 11.9 Å².